The van der Waals surface area contributed by atoms with Gasteiger partial charge in [0.1, 0.15) is 0 Å². The van der Waals surface area contributed by atoms with Crippen molar-refractivity contribution in [2.45, 2.75) is 19.3 Å². The van der Waals surface area contributed by atoms with E-state index in [2.05, 4.69) is 5.32 Å². The average molecular weight is 276 g/mol. The van der Waals surface area contributed by atoms with Gasteiger partial charge >= 0.3 is 5.97 Å². The molecule has 0 bridgehead atoms. The van der Waals surface area contributed by atoms with Crippen molar-refractivity contribution in [3.8, 4) is 0 Å². The molecule has 0 aromatic heterocycles. The molecule has 0 spiro atoms. The molecule has 20 heavy (non-hydrogen) atoms. The lowest BCUT2D eigenvalue weighted by molar-refractivity contribution is -0.136. The van der Waals surface area contributed by atoms with Crippen LogP contribution in [0.2, 0.25) is 0 Å². The Morgan fingerprint density at radius 3 is 2.80 bits per heavy atom. The second kappa shape index (κ2) is 5.73. The molecule has 1 heterocycles. The third-order valence-electron chi connectivity index (χ3n) is 3.31. The average Bonchev–Trinajstić information content (AvgIpc) is 2.42. The highest BCUT2D eigenvalue weighted by atomic mass is 16.4. The Labute approximate surface area is 116 Å². The highest BCUT2D eigenvalue weighted by molar-refractivity contribution is 5.99. The van der Waals surface area contributed by atoms with E-state index in [1.807, 2.05) is 0 Å². The number of amides is 2. The van der Waals surface area contributed by atoms with Crippen LogP contribution in [0.25, 0.3) is 0 Å². The monoisotopic (exact) mass is 276 g/mol. The molecule has 0 aliphatic carbocycles. The van der Waals surface area contributed by atoms with Crippen molar-refractivity contribution in [1.82, 2.24) is 5.32 Å². The summed E-state index contributed by atoms with van der Waals surface area (Å²) < 4.78 is 0. The molecule has 1 aliphatic rings. The van der Waals surface area contributed by atoms with E-state index in [1.54, 1.807) is 30.1 Å². The number of aliphatic carboxylic acids is 1. The van der Waals surface area contributed by atoms with Crippen molar-refractivity contribution in [2.75, 3.05) is 18.5 Å². The Bertz CT molecular complexity index is 568. The van der Waals surface area contributed by atoms with E-state index in [9.17, 15) is 14.4 Å². The molecule has 2 rings (SSSR count). The zero-order chi connectivity index (χ0) is 14.7. The van der Waals surface area contributed by atoms with E-state index >= 15 is 0 Å². The van der Waals surface area contributed by atoms with Gasteiger partial charge in [0.05, 0.1) is 6.42 Å². The SMILES string of the molecule is CN1C(=O)CCc2cc(C(=O)NCCC(=O)O)ccc21. The highest BCUT2D eigenvalue weighted by Gasteiger charge is 2.21. The molecule has 0 saturated heterocycles. The van der Waals surface area contributed by atoms with Crippen molar-refractivity contribution in [3.63, 3.8) is 0 Å². The summed E-state index contributed by atoms with van der Waals surface area (Å²) in [7, 11) is 1.72. The topological polar surface area (TPSA) is 86.7 Å². The first-order valence-corrected chi connectivity index (χ1v) is 6.38. The van der Waals surface area contributed by atoms with E-state index in [0.717, 1.165) is 11.3 Å². The van der Waals surface area contributed by atoms with E-state index in [4.69, 9.17) is 5.11 Å². The van der Waals surface area contributed by atoms with Crippen molar-refractivity contribution < 1.29 is 19.5 Å². The first kappa shape index (κ1) is 14.0. The predicted octanol–water partition coefficient (Wildman–Crippen LogP) is 0.800. The molecule has 2 N–H and O–H groups in total. The fraction of sp³-hybridized carbons (Fsp3) is 0.357. The van der Waals surface area contributed by atoms with Gasteiger partial charge in [0.15, 0.2) is 0 Å². The normalized spacial score (nSPS) is 13.8. The fourth-order valence-corrected chi connectivity index (χ4v) is 2.18. The zero-order valence-electron chi connectivity index (χ0n) is 11.2. The molecule has 1 aromatic rings. The summed E-state index contributed by atoms with van der Waals surface area (Å²) in [4.78, 5) is 35.4. The second-order valence-electron chi connectivity index (χ2n) is 4.70. The van der Waals surface area contributed by atoms with Crippen LogP contribution in [0.4, 0.5) is 5.69 Å². The maximum Gasteiger partial charge on any atom is 0.305 e. The number of nitrogens with zero attached hydrogens (tertiary/aromatic N) is 1. The number of carbonyl (C=O) groups is 3. The number of carbonyl (C=O) groups excluding carboxylic acids is 2. The van der Waals surface area contributed by atoms with Crippen LogP contribution < -0.4 is 10.2 Å². The molecular weight excluding hydrogens is 260 g/mol. The van der Waals surface area contributed by atoms with Gasteiger partial charge in [0, 0.05) is 31.3 Å². The van der Waals surface area contributed by atoms with E-state index in [1.165, 1.54) is 0 Å². The van der Waals surface area contributed by atoms with Crippen LogP contribution in [0, 0.1) is 0 Å². The number of hydrogen-bond acceptors (Lipinski definition) is 3. The Hall–Kier alpha value is -2.37. The van der Waals surface area contributed by atoms with Crippen molar-refractivity contribution in [3.05, 3.63) is 29.3 Å². The summed E-state index contributed by atoms with van der Waals surface area (Å²) in [6.45, 7) is 0.101. The molecule has 6 nitrogen and oxygen atoms in total. The Morgan fingerprint density at radius 2 is 2.10 bits per heavy atom. The van der Waals surface area contributed by atoms with Gasteiger partial charge in [-0.1, -0.05) is 0 Å². The van der Waals surface area contributed by atoms with E-state index in [0.29, 0.717) is 18.4 Å². The number of rotatable bonds is 4. The quantitative estimate of drug-likeness (QED) is 0.851. The molecule has 0 fully saturated rings. The number of carboxylic acids is 1. The van der Waals surface area contributed by atoms with Gasteiger partial charge in [-0.3, -0.25) is 14.4 Å². The molecule has 0 unspecified atom stereocenters. The molecule has 0 radical (unpaired) electrons. The number of benzene rings is 1. The lowest BCUT2D eigenvalue weighted by atomic mass is 9.99. The van der Waals surface area contributed by atoms with Gasteiger partial charge in [-0.2, -0.15) is 0 Å². The maximum absolute atomic E-state index is 11.9. The maximum atomic E-state index is 11.9. The van der Waals surface area contributed by atoms with Gasteiger partial charge < -0.3 is 15.3 Å². The number of aryl methyl sites for hydroxylation is 1. The second-order valence-corrected chi connectivity index (χ2v) is 4.70. The zero-order valence-corrected chi connectivity index (χ0v) is 11.2. The number of fused-ring (bicyclic) bond motifs is 1. The molecule has 2 amide bonds. The summed E-state index contributed by atoms with van der Waals surface area (Å²) in [6.07, 6.45) is 0.955. The summed E-state index contributed by atoms with van der Waals surface area (Å²) in [5.41, 5.74) is 2.26. The fourth-order valence-electron chi connectivity index (χ4n) is 2.18. The Kier molecular flexibility index (Phi) is 4.02. The standard InChI is InChI=1S/C14H16N2O4/c1-16-11-4-2-10(8-9(11)3-5-12(16)17)14(20)15-7-6-13(18)19/h2,4,8H,3,5-7H2,1H3,(H,15,20)(H,18,19). The lowest BCUT2D eigenvalue weighted by Gasteiger charge is -2.26. The minimum Gasteiger partial charge on any atom is -0.481 e. The van der Waals surface area contributed by atoms with Gasteiger partial charge in [-0.25, -0.2) is 0 Å². The van der Waals surface area contributed by atoms with Gasteiger partial charge in [0.25, 0.3) is 5.91 Å². The summed E-state index contributed by atoms with van der Waals surface area (Å²) in [5.74, 6) is -1.18. The smallest absolute Gasteiger partial charge is 0.305 e. The van der Waals surface area contributed by atoms with Crippen LogP contribution in [-0.4, -0.2) is 36.5 Å². The minimum atomic E-state index is -0.948. The van der Waals surface area contributed by atoms with Crippen molar-refractivity contribution in [2.24, 2.45) is 0 Å². The Morgan fingerprint density at radius 1 is 1.35 bits per heavy atom. The summed E-state index contributed by atoms with van der Waals surface area (Å²) in [5, 5.41) is 11.1. The number of hydrogen-bond donors (Lipinski definition) is 2. The molecule has 0 saturated carbocycles. The van der Waals surface area contributed by atoms with Gasteiger partial charge in [-0.15, -0.1) is 0 Å². The van der Waals surface area contributed by atoms with E-state index in [-0.39, 0.29) is 24.8 Å². The number of anilines is 1. The molecule has 1 aliphatic heterocycles. The van der Waals surface area contributed by atoms with Crippen LogP contribution in [-0.2, 0) is 16.0 Å². The molecule has 6 heteroatoms. The lowest BCUT2D eigenvalue weighted by Crippen LogP contribution is -2.31. The van der Waals surface area contributed by atoms with Crippen LogP contribution in [0.5, 0.6) is 0 Å². The van der Waals surface area contributed by atoms with Crippen LogP contribution in [0.3, 0.4) is 0 Å². The molecule has 106 valence electrons. The summed E-state index contributed by atoms with van der Waals surface area (Å²) >= 11 is 0. The number of carboxylic acid groups (broad SMARTS) is 1. The first-order chi connectivity index (χ1) is 9.49. The Balaban J connectivity index is 2.09. The van der Waals surface area contributed by atoms with Crippen LogP contribution >= 0.6 is 0 Å². The van der Waals surface area contributed by atoms with Gasteiger partial charge in [-0.05, 0) is 30.2 Å². The summed E-state index contributed by atoms with van der Waals surface area (Å²) in [6, 6.07) is 5.15. The van der Waals surface area contributed by atoms with Crippen LogP contribution in [0.15, 0.2) is 18.2 Å². The number of nitrogens with one attached hydrogen (secondary N) is 1. The van der Waals surface area contributed by atoms with E-state index < -0.39 is 5.97 Å². The first-order valence-electron chi connectivity index (χ1n) is 6.38. The highest BCUT2D eigenvalue weighted by Crippen LogP contribution is 2.27. The molecule has 0 atom stereocenters. The van der Waals surface area contributed by atoms with Crippen LogP contribution in [0.1, 0.15) is 28.8 Å². The third kappa shape index (κ3) is 2.96. The molecule has 1 aromatic carbocycles. The minimum absolute atomic E-state index is 0.0659. The predicted molar refractivity (Wildman–Crippen MR) is 72.8 cm³/mol. The van der Waals surface area contributed by atoms with Gasteiger partial charge in [0.2, 0.25) is 5.91 Å². The molecular formula is C14H16N2O4. The van der Waals surface area contributed by atoms with Crippen molar-refractivity contribution >= 4 is 23.5 Å². The van der Waals surface area contributed by atoms with Crippen molar-refractivity contribution in [1.29, 1.82) is 0 Å². The largest absolute Gasteiger partial charge is 0.481 e. The third-order valence-corrected chi connectivity index (χ3v) is 3.31.